The molecular formula is C36H48O3. The van der Waals surface area contributed by atoms with E-state index in [2.05, 4.69) is 58.7 Å². The second-order valence-corrected chi connectivity index (χ2v) is 12.9. The van der Waals surface area contributed by atoms with Crippen molar-refractivity contribution in [1.82, 2.24) is 0 Å². The van der Waals surface area contributed by atoms with Crippen LogP contribution in [0.25, 0.3) is 0 Å². The lowest BCUT2D eigenvalue weighted by Gasteiger charge is -2.38. The van der Waals surface area contributed by atoms with Crippen LogP contribution < -0.4 is 0 Å². The molecule has 0 aromatic heterocycles. The molecule has 0 aliphatic heterocycles. The number of aromatic hydroxyl groups is 3. The van der Waals surface area contributed by atoms with Gasteiger partial charge in [0.15, 0.2) is 0 Å². The summed E-state index contributed by atoms with van der Waals surface area (Å²) in [5, 5.41) is 36.3. The van der Waals surface area contributed by atoms with E-state index in [0.29, 0.717) is 16.7 Å². The molecule has 6 atom stereocenters. The minimum Gasteiger partial charge on any atom is -0.507 e. The van der Waals surface area contributed by atoms with E-state index in [1.807, 2.05) is 20.8 Å². The van der Waals surface area contributed by atoms with Crippen molar-refractivity contribution in [3.8, 4) is 17.2 Å². The molecule has 4 rings (SSSR count). The largest absolute Gasteiger partial charge is 0.507 e. The Morgan fingerprint density at radius 2 is 0.769 bits per heavy atom. The van der Waals surface area contributed by atoms with Crippen molar-refractivity contribution in [3.05, 3.63) is 88.1 Å². The Labute approximate surface area is 236 Å². The van der Waals surface area contributed by atoms with Gasteiger partial charge in [0.05, 0.1) is 0 Å². The van der Waals surface area contributed by atoms with E-state index in [1.54, 1.807) is 0 Å². The van der Waals surface area contributed by atoms with E-state index in [0.717, 1.165) is 55.2 Å². The van der Waals surface area contributed by atoms with Crippen molar-refractivity contribution in [2.75, 3.05) is 0 Å². The summed E-state index contributed by atoms with van der Waals surface area (Å²) in [5.41, 5.74) is 8.44. The van der Waals surface area contributed by atoms with Crippen molar-refractivity contribution in [2.45, 2.75) is 97.8 Å². The van der Waals surface area contributed by atoms with Gasteiger partial charge in [-0.3, -0.25) is 0 Å². The van der Waals surface area contributed by atoms with Crippen LogP contribution in [0.2, 0.25) is 0 Å². The maximum atomic E-state index is 12.1. The van der Waals surface area contributed by atoms with Crippen molar-refractivity contribution < 1.29 is 15.3 Å². The Bertz CT molecular complexity index is 1110. The lowest BCUT2D eigenvalue weighted by atomic mass is 9.67. The summed E-state index contributed by atoms with van der Waals surface area (Å²) in [6, 6.07) is 0. The zero-order valence-corrected chi connectivity index (χ0v) is 24.9. The summed E-state index contributed by atoms with van der Waals surface area (Å²) in [6.45, 7) is 25.3. The summed E-state index contributed by atoms with van der Waals surface area (Å²) >= 11 is 0. The van der Waals surface area contributed by atoms with Crippen LogP contribution in [-0.2, 0) is 0 Å². The average Bonchev–Trinajstić information content (AvgIpc) is 2.83. The van der Waals surface area contributed by atoms with Crippen LogP contribution in [0.1, 0.15) is 115 Å². The first kappa shape index (κ1) is 29.1. The Hall–Kier alpha value is -2.94. The summed E-state index contributed by atoms with van der Waals surface area (Å²) < 4.78 is 0. The highest BCUT2D eigenvalue weighted by molar-refractivity contribution is 5.68. The molecule has 0 saturated carbocycles. The molecule has 1 aromatic rings. The van der Waals surface area contributed by atoms with Crippen molar-refractivity contribution in [3.63, 3.8) is 0 Å². The molecule has 210 valence electrons. The van der Waals surface area contributed by atoms with Crippen LogP contribution in [0.3, 0.4) is 0 Å². The zero-order chi connectivity index (χ0) is 28.8. The smallest absolute Gasteiger partial charge is 0.130 e. The van der Waals surface area contributed by atoms with Crippen LogP contribution in [0.5, 0.6) is 17.2 Å². The highest BCUT2D eigenvalue weighted by atomic mass is 16.3. The van der Waals surface area contributed by atoms with Gasteiger partial charge < -0.3 is 15.3 Å². The Morgan fingerprint density at radius 1 is 0.538 bits per heavy atom. The minimum absolute atomic E-state index is 0.0153. The van der Waals surface area contributed by atoms with Gasteiger partial charge in [-0.25, -0.2) is 0 Å². The fourth-order valence-electron chi connectivity index (χ4n) is 7.44. The molecule has 0 unspecified atom stereocenters. The van der Waals surface area contributed by atoms with E-state index in [4.69, 9.17) is 0 Å². The summed E-state index contributed by atoms with van der Waals surface area (Å²) in [6.07, 6.45) is 12.2. The number of phenols is 3. The average molecular weight is 529 g/mol. The highest BCUT2D eigenvalue weighted by Gasteiger charge is 2.41. The number of allylic oxidation sites excluding steroid dienone is 9. The lowest BCUT2D eigenvalue weighted by Crippen LogP contribution is -2.22. The highest BCUT2D eigenvalue weighted by Crippen LogP contribution is 2.58. The molecule has 3 N–H and O–H groups in total. The van der Waals surface area contributed by atoms with Crippen molar-refractivity contribution in [2.24, 2.45) is 17.8 Å². The number of hydrogen-bond donors (Lipinski definition) is 3. The first-order chi connectivity index (χ1) is 18.3. The minimum atomic E-state index is -0.219. The van der Waals surface area contributed by atoms with Crippen LogP contribution in [-0.4, -0.2) is 15.3 Å². The first-order valence-corrected chi connectivity index (χ1v) is 14.6. The van der Waals surface area contributed by atoms with E-state index in [1.165, 1.54) is 16.7 Å². The van der Waals surface area contributed by atoms with Gasteiger partial charge in [0, 0.05) is 34.4 Å². The van der Waals surface area contributed by atoms with Gasteiger partial charge >= 0.3 is 0 Å². The normalized spacial score (nSPS) is 29.2. The third-order valence-electron chi connectivity index (χ3n) is 9.67. The van der Waals surface area contributed by atoms with E-state index >= 15 is 0 Å². The van der Waals surface area contributed by atoms with Crippen LogP contribution in [0, 0.1) is 17.8 Å². The second kappa shape index (κ2) is 11.3. The monoisotopic (exact) mass is 528 g/mol. The van der Waals surface area contributed by atoms with Crippen LogP contribution in [0.4, 0.5) is 0 Å². The first-order valence-electron chi connectivity index (χ1n) is 14.6. The zero-order valence-electron chi connectivity index (χ0n) is 24.9. The van der Waals surface area contributed by atoms with Gasteiger partial charge in [-0.2, -0.15) is 0 Å². The predicted octanol–water partition coefficient (Wildman–Crippen LogP) is 9.85. The van der Waals surface area contributed by atoms with Crippen LogP contribution in [0.15, 0.2) is 71.4 Å². The Balaban J connectivity index is 2.10. The second-order valence-electron chi connectivity index (χ2n) is 12.9. The quantitative estimate of drug-likeness (QED) is 0.322. The van der Waals surface area contributed by atoms with E-state index in [9.17, 15) is 15.3 Å². The maximum absolute atomic E-state index is 12.1. The molecule has 0 saturated heterocycles. The fraction of sp³-hybridized carbons (Fsp3) is 0.500. The SMILES string of the molecule is C=C(C)[C@H]1CCC(C)=C[C@H]1c1c(O)c([C@H]2C=C(C)CC[C@H]2C(=C)C)c(O)c([C@@H]2C=C(C)CC[C@H]2C(=C)C)c1O. The topological polar surface area (TPSA) is 60.7 Å². The number of phenolic OH excluding ortho intramolecular Hbond substituents is 3. The maximum Gasteiger partial charge on any atom is 0.130 e. The summed E-state index contributed by atoms with van der Waals surface area (Å²) in [4.78, 5) is 0. The van der Waals surface area contributed by atoms with E-state index < -0.39 is 0 Å². The van der Waals surface area contributed by atoms with Gasteiger partial charge in [-0.05, 0) is 97.8 Å². The number of hydrogen-bond acceptors (Lipinski definition) is 3. The standard InChI is InChI=1S/C36H48O3/c1-19(2)25-13-10-22(7)16-28(25)31-34(37)32(29-17-23(8)11-14-26(29)20(3)4)36(39)33(35(31)38)30-18-24(9)12-15-27(30)21(5)6/h16-18,25-30,37-39H,1,3,5,10-15H2,2,4,6-9H3/t25-,26-,27+,28-,29+,30+/m0/s1. The van der Waals surface area contributed by atoms with E-state index in [-0.39, 0.29) is 52.8 Å². The van der Waals surface area contributed by atoms with Gasteiger partial charge in [0.25, 0.3) is 0 Å². The molecule has 0 radical (unpaired) electrons. The van der Waals surface area contributed by atoms with Gasteiger partial charge in [0.2, 0.25) is 0 Å². The summed E-state index contributed by atoms with van der Waals surface area (Å²) in [5.74, 6) is -0.329. The molecule has 0 bridgehead atoms. The number of rotatable bonds is 6. The predicted molar refractivity (Wildman–Crippen MR) is 164 cm³/mol. The third kappa shape index (κ3) is 5.42. The van der Waals surface area contributed by atoms with Crippen molar-refractivity contribution >= 4 is 0 Å². The molecular weight excluding hydrogens is 480 g/mol. The van der Waals surface area contributed by atoms with Crippen molar-refractivity contribution in [1.29, 1.82) is 0 Å². The molecule has 0 fully saturated rings. The molecule has 3 aliphatic rings. The van der Waals surface area contributed by atoms with Gasteiger partial charge in [-0.15, -0.1) is 0 Å². The van der Waals surface area contributed by atoms with Crippen LogP contribution >= 0.6 is 0 Å². The molecule has 3 heteroatoms. The lowest BCUT2D eigenvalue weighted by molar-refractivity contribution is 0.361. The molecule has 0 heterocycles. The summed E-state index contributed by atoms with van der Waals surface area (Å²) in [7, 11) is 0. The van der Waals surface area contributed by atoms with Gasteiger partial charge in [0.1, 0.15) is 17.2 Å². The molecule has 0 spiro atoms. The molecule has 0 amide bonds. The molecule has 3 nitrogen and oxygen atoms in total. The molecule has 39 heavy (non-hydrogen) atoms. The molecule has 1 aromatic carbocycles. The third-order valence-corrected chi connectivity index (χ3v) is 9.67. The Kier molecular flexibility index (Phi) is 8.40. The fourth-order valence-corrected chi connectivity index (χ4v) is 7.44. The Morgan fingerprint density at radius 3 is 0.974 bits per heavy atom. The van der Waals surface area contributed by atoms with Gasteiger partial charge in [-0.1, -0.05) is 71.4 Å². The number of benzene rings is 1. The molecule has 3 aliphatic carbocycles.